The molecule has 2 aliphatic heterocycles. The van der Waals surface area contributed by atoms with Gasteiger partial charge in [-0.3, -0.25) is 0 Å². The van der Waals surface area contributed by atoms with E-state index in [4.69, 9.17) is 4.74 Å². The molecule has 0 unspecified atom stereocenters. The first-order valence-electron chi connectivity index (χ1n) is 5.71. The maximum atomic E-state index is 5.47. The number of fused-ring (bicyclic) bond motifs is 2. The van der Waals surface area contributed by atoms with Crippen molar-refractivity contribution in [3.63, 3.8) is 0 Å². The van der Waals surface area contributed by atoms with Crippen molar-refractivity contribution in [3.8, 4) is 5.75 Å². The maximum Gasteiger partial charge on any atom is 0.122 e. The molecule has 1 N–H and O–H groups in total. The maximum absolute atomic E-state index is 5.47. The lowest BCUT2D eigenvalue weighted by atomic mass is 9.57. The highest BCUT2D eigenvalue weighted by molar-refractivity contribution is 5.42. The zero-order valence-corrected chi connectivity index (χ0v) is 9.12. The second kappa shape index (κ2) is 3.24. The summed E-state index contributed by atoms with van der Waals surface area (Å²) in [5.41, 5.74) is 1.84. The van der Waals surface area contributed by atoms with Crippen LogP contribution in [0.25, 0.3) is 0 Å². The van der Waals surface area contributed by atoms with Crippen molar-refractivity contribution in [2.45, 2.75) is 30.7 Å². The van der Waals surface area contributed by atoms with Gasteiger partial charge >= 0.3 is 0 Å². The molecule has 0 aromatic heterocycles. The Kier molecular flexibility index (Phi) is 1.99. The van der Waals surface area contributed by atoms with Gasteiger partial charge in [0.15, 0.2) is 0 Å². The van der Waals surface area contributed by atoms with E-state index in [1.54, 1.807) is 7.11 Å². The fourth-order valence-electron chi connectivity index (χ4n) is 3.18. The van der Waals surface area contributed by atoms with Gasteiger partial charge in [-0.15, -0.1) is 0 Å². The molecule has 3 fully saturated rings. The quantitative estimate of drug-likeness (QED) is 0.794. The van der Waals surface area contributed by atoms with Crippen LogP contribution in [0.4, 0.5) is 0 Å². The second-order valence-corrected chi connectivity index (χ2v) is 4.79. The van der Waals surface area contributed by atoms with Crippen LogP contribution in [-0.4, -0.2) is 19.7 Å². The van der Waals surface area contributed by atoms with Crippen molar-refractivity contribution < 1.29 is 4.74 Å². The second-order valence-electron chi connectivity index (χ2n) is 4.79. The van der Waals surface area contributed by atoms with Gasteiger partial charge in [0, 0.05) is 17.0 Å². The smallest absolute Gasteiger partial charge is 0.122 e. The van der Waals surface area contributed by atoms with Gasteiger partial charge in [-0.05, 0) is 31.9 Å². The van der Waals surface area contributed by atoms with E-state index in [1.165, 1.54) is 24.8 Å². The number of methoxy groups -OCH3 is 1. The Morgan fingerprint density at radius 1 is 1.33 bits per heavy atom. The van der Waals surface area contributed by atoms with Crippen LogP contribution in [0.2, 0.25) is 0 Å². The molecule has 2 bridgehead atoms. The number of rotatable bonds is 2. The third-order valence-electron chi connectivity index (χ3n) is 3.99. The zero-order chi connectivity index (χ0) is 10.3. The molecular weight excluding hydrogens is 186 g/mol. The van der Waals surface area contributed by atoms with Gasteiger partial charge in [-0.2, -0.15) is 0 Å². The van der Waals surface area contributed by atoms with E-state index >= 15 is 0 Å². The van der Waals surface area contributed by atoms with E-state index in [1.807, 2.05) is 0 Å². The summed E-state index contributed by atoms with van der Waals surface area (Å²) in [7, 11) is 1.77. The summed E-state index contributed by atoms with van der Waals surface area (Å²) < 4.78 is 5.47. The molecule has 0 amide bonds. The number of piperidine rings is 2. The summed E-state index contributed by atoms with van der Waals surface area (Å²) in [5.74, 6) is 1.07. The summed E-state index contributed by atoms with van der Waals surface area (Å²) in [4.78, 5) is 0. The van der Waals surface area contributed by atoms with Gasteiger partial charge in [0.05, 0.1) is 7.11 Å². The van der Waals surface area contributed by atoms with Crippen LogP contribution in [-0.2, 0) is 5.41 Å². The largest absolute Gasteiger partial charge is 0.496 e. The molecule has 4 rings (SSSR count). The van der Waals surface area contributed by atoms with Gasteiger partial charge in [0.1, 0.15) is 5.75 Å². The Morgan fingerprint density at radius 3 is 2.80 bits per heavy atom. The topological polar surface area (TPSA) is 21.3 Å². The minimum absolute atomic E-state index is 0.419. The summed E-state index contributed by atoms with van der Waals surface area (Å²) in [6.07, 6.45) is 3.82. The van der Waals surface area contributed by atoms with E-state index < -0.39 is 0 Å². The molecule has 2 saturated heterocycles. The standard InChI is InChI=1S/C13H17NO/c1-15-12-5-3-2-4-11(12)13-6-7-14-10(8-13)9-13/h2-5,10,14H,6-9H2,1H3. The number of ether oxygens (including phenoxy) is 1. The van der Waals surface area contributed by atoms with Crippen LogP contribution < -0.4 is 10.1 Å². The molecule has 1 aromatic carbocycles. The lowest BCUT2D eigenvalue weighted by Gasteiger charge is -2.53. The Hall–Kier alpha value is -1.02. The van der Waals surface area contributed by atoms with Crippen LogP contribution >= 0.6 is 0 Å². The fraction of sp³-hybridized carbons (Fsp3) is 0.538. The van der Waals surface area contributed by atoms with Gasteiger partial charge in [-0.25, -0.2) is 0 Å². The minimum Gasteiger partial charge on any atom is -0.496 e. The number of hydrogen-bond donors (Lipinski definition) is 1. The molecule has 0 spiro atoms. The monoisotopic (exact) mass is 203 g/mol. The highest BCUT2D eigenvalue weighted by Crippen LogP contribution is 2.51. The first kappa shape index (κ1) is 9.22. The van der Waals surface area contributed by atoms with Gasteiger partial charge in [-0.1, -0.05) is 18.2 Å². The average molecular weight is 203 g/mol. The van der Waals surface area contributed by atoms with E-state index in [0.29, 0.717) is 5.41 Å². The van der Waals surface area contributed by atoms with Crippen molar-refractivity contribution in [1.29, 1.82) is 0 Å². The van der Waals surface area contributed by atoms with Gasteiger partial charge in [0.2, 0.25) is 0 Å². The van der Waals surface area contributed by atoms with Crippen molar-refractivity contribution in [3.05, 3.63) is 29.8 Å². The van der Waals surface area contributed by atoms with Crippen molar-refractivity contribution in [2.24, 2.45) is 0 Å². The Morgan fingerprint density at radius 2 is 2.13 bits per heavy atom. The summed E-state index contributed by atoms with van der Waals surface area (Å²) in [6, 6.07) is 9.25. The Bertz CT molecular complexity index is 363. The van der Waals surface area contributed by atoms with Crippen molar-refractivity contribution >= 4 is 0 Å². The van der Waals surface area contributed by atoms with Crippen LogP contribution in [0.15, 0.2) is 24.3 Å². The third kappa shape index (κ3) is 1.28. The highest BCUT2D eigenvalue weighted by atomic mass is 16.5. The first-order valence-corrected chi connectivity index (χ1v) is 5.71. The van der Waals surface area contributed by atoms with E-state index in [2.05, 4.69) is 29.6 Å². The van der Waals surface area contributed by atoms with Crippen LogP contribution in [0, 0.1) is 0 Å². The SMILES string of the molecule is COc1ccccc1C12CCNC(C1)C2. The number of hydrogen-bond acceptors (Lipinski definition) is 2. The number of benzene rings is 1. The Labute approximate surface area is 90.6 Å². The molecule has 2 nitrogen and oxygen atoms in total. The fourth-order valence-corrected chi connectivity index (χ4v) is 3.18. The van der Waals surface area contributed by atoms with Crippen LogP contribution in [0.5, 0.6) is 5.75 Å². The molecule has 0 atom stereocenters. The highest BCUT2D eigenvalue weighted by Gasteiger charge is 2.49. The molecule has 80 valence electrons. The molecule has 2 heterocycles. The molecular formula is C13H17NO. The van der Waals surface area contributed by atoms with Crippen LogP contribution in [0.1, 0.15) is 24.8 Å². The van der Waals surface area contributed by atoms with Gasteiger partial charge < -0.3 is 10.1 Å². The lowest BCUT2D eigenvalue weighted by molar-refractivity contribution is 0.108. The van der Waals surface area contributed by atoms with Crippen LogP contribution in [0.3, 0.4) is 0 Å². The molecule has 1 aliphatic carbocycles. The summed E-state index contributed by atoms with van der Waals surface area (Å²) in [6.45, 7) is 1.16. The zero-order valence-electron chi connectivity index (χ0n) is 9.12. The molecule has 1 saturated carbocycles. The molecule has 1 aromatic rings. The lowest BCUT2D eigenvalue weighted by Crippen LogP contribution is -2.58. The molecule has 2 heteroatoms. The predicted octanol–water partition coefficient (Wildman–Crippen LogP) is 2.09. The van der Waals surface area contributed by atoms with Crippen molar-refractivity contribution in [1.82, 2.24) is 5.32 Å². The van der Waals surface area contributed by atoms with E-state index in [-0.39, 0.29) is 0 Å². The number of nitrogens with one attached hydrogen (secondary N) is 1. The summed E-state index contributed by atoms with van der Waals surface area (Å²) >= 11 is 0. The van der Waals surface area contributed by atoms with Gasteiger partial charge in [0.25, 0.3) is 0 Å². The number of para-hydroxylation sites is 1. The molecule has 3 aliphatic rings. The Balaban J connectivity index is 1.98. The van der Waals surface area contributed by atoms with Crippen molar-refractivity contribution in [2.75, 3.05) is 13.7 Å². The molecule has 0 radical (unpaired) electrons. The average Bonchev–Trinajstić information content (AvgIpc) is 2.28. The molecule has 15 heavy (non-hydrogen) atoms. The predicted molar refractivity (Wildman–Crippen MR) is 60.3 cm³/mol. The third-order valence-corrected chi connectivity index (χ3v) is 3.99. The summed E-state index contributed by atoms with van der Waals surface area (Å²) in [5, 5.41) is 3.54. The van der Waals surface area contributed by atoms with E-state index in [9.17, 15) is 0 Å². The first-order chi connectivity index (χ1) is 7.34. The minimum atomic E-state index is 0.419. The van der Waals surface area contributed by atoms with E-state index in [0.717, 1.165) is 18.3 Å². The normalized spacial score (nSPS) is 33.3.